The summed E-state index contributed by atoms with van der Waals surface area (Å²) in [7, 11) is 2.11. The van der Waals surface area contributed by atoms with E-state index in [2.05, 4.69) is 63.3 Å². The average molecular weight is 298 g/mol. The smallest absolute Gasteiger partial charge is 0.338 e. The fourth-order valence-electron chi connectivity index (χ4n) is 2.31. The molecule has 0 aliphatic carbocycles. The van der Waals surface area contributed by atoms with Crippen LogP contribution in [-0.4, -0.2) is 12.0 Å². The van der Waals surface area contributed by atoms with Crippen molar-refractivity contribution < 1.29 is 4.40 Å². The largest absolute Gasteiger partial charge is 0.387 e. The SMILES string of the molecule is CN1/C(=C\c2ccnc3scc[n+]23)Sc2ccccc21. The van der Waals surface area contributed by atoms with Gasteiger partial charge in [0.25, 0.3) is 0 Å². The lowest BCUT2D eigenvalue weighted by molar-refractivity contribution is -0.512. The number of fused-ring (bicyclic) bond motifs is 2. The lowest BCUT2D eigenvalue weighted by Gasteiger charge is -2.12. The third kappa shape index (κ3) is 1.82. The van der Waals surface area contributed by atoms with Crippen LogP contribution in [-0.2, 0) is 0 Å². The van der Waals surface area contributed by atoms with Crippen molar-refractivity contribution in [2.75, 3.05) is 11.9 Å². The van der Waals surface area contributed by atoms with Gasteiger partial charge in [-0.15, -0.1) is 0 Å². The average Bonchev–Trinajstić information content (AvgIpc) is 3.06. The Morgan fingerprint density at radius 3 is 3.05 bits per heavy atom. The Morgan fingerprint density at radius 1 is 1.25 bits per heavy atom. The maximum atomic E-state index is 4.37. The molecule has 1 aliphatic rings. The molecule has 5 heteroatoms. The normalized spacial score (nSPS) is 16.1. The Bertz CT molecular complexity index is 823. The highest BCUT2D eigenvalue weighted by atomic mass is 32.2. The number of anilines is 1. The number of rotatable bonds is 1. The van der Waals surface area contributed by atoms with Crippen molar-refractivity contribution in [3.63, 3.8) is 0 Å². The fourth-order valence-corrected chi connectivity index (χ4v) is 4.11. The molecule has 3 aromatic rings. The number of hydrogen-bond donors (Lipinski definition) is 0. The molecule has 20 heavy (non-hydrogen) atoms. The maximum absolute atomic E-state index is 4.37. The van der Waals surface area contributed by atoms with Crippen LogP contribution in [0.2, 0.25) is 0 Å². The second kappa shape index (κ2) is 4.61. The number of nitrogens with zero attached hydrogens (tertiary/aromatic N) is 3. The van der Waals surface area contributed by atoms with Gasteiger partial charge in [-0.2, -0.15) is 4.40 Å². The van der Waals surface area contributed by atoms with Crippen LogP contribution < -0.4 is 9.30 Å². The molecule has 0 amide bonds. The molecule has 1 aliphatic heterocycles. The lowest BCUT2D eigenvalue weighted by atomic mass is 10.3. The van der Waals surface area contributed by atoms with Gasteiger partial charge in [0.1, 0.15) is 18.1 Å². The van der Waals surface area contributed by atoms with Crippen molar-refractivity contribution in [1.29, 1.82) is 0 Å². The van der Waals surface area contributed by atoms with E-state index < -0.39 is 0 Å². The zero-order valence-electron chi connectivity index (χ0n) is 10.9. The topological polar surface area (TPSA) is 20.2 Å². The summed E-state index contributed by atoms with van der Waals surface area (Å²) in [4.78, 5) is 8.93. The quantitative estimate of drug-likeness (QED) is 0.642. The van der Waals surface area contributed by atoms with E-state index in [1.165, 1.54) is 15.6 Å². The first-order valence-electron chi connectivity index (χ1n) is 6.29. The van der Waals surface area contributed by atoms with Crippen LogP contribution in [0.5, 0.6) is 0 Å². The van der Waals surface area contributed by atoms with E-state index in [1.54, 1.807) is 23.1 Å². The van der Waals surface area contributed by atoms with E-state index in [0.717, 1.165) is 10.7 Å². The third-order valence-electron chi connectivity index (χ3n) is 3.34. The minimum atomic E-state index is 1.02. The molecular weight excluding hydrogens is 286 g/mol. The lowest BCUT2D eigenvalue weighted by Crippen LogP contribution is -2.23. The van der Waals surface area contributed by atoms with Gasteiger partial charge in [-0.25, -0.2) is 0 Å². The van der Waals surface area contributed by atoms with Gasteiger partial charge in [0.2, 0.25) is 0 Å². The first kappa shape index (κ1) is 11.9. The highest BCUT2D eigenvalue weighted by molar-refractivity contribution is 8.03. The van der Waals surface area contributed by atoms with Crippen LogP contribution in [0.15, 0.2) is 58.0 Å². The van der Waals surface area contributed by atoms with E-state index in [4.69, 9.17) is 0 Å². The minimum absolute atomic E-state index is 1.02. The number of thiazole rings is 1. The molecule has 0 atom stereocenters. The summed E-state index contributed by atoms with van der Waals surface area (Å²) in [5.41, 5.74) is 2.42. The van der Waals surface area contributed by atoms with Crippen molar-refractivity contribution in [2.24, 2.45) is 0 Å². The highest BCUT2D eigenvalue weighted by Crippen LogP contribution is 2.45. The molecule has 3 heterocycles. The van der Waals surface area contributed by atoms with Crippen LogP contribution in [0.1, 0.15) is 5.69 Å². The molecule has 0 radical (unpaired) electrons. The number of benzene rings is 1. The van der Waals surface area contributed by atoms with Crippen LogP contribution in [0.4, 0.5) is 5.69 Å². The Labute approximate surface area is 125 Å². The van der Waals surface area contributed by atoms with Gasteiger partial charge in [0.05, 0.1) is 10.7 Å². The number of aromatic nitrogens is 2. The van der Waals surface area contributed by atoms with Gasteiger partial charge in [-0.3, -0.25) is 0 Å². The van der Waals surface area contributed by atoms with E-state index in [1.807, 2.05) is 12.3 Å². The predicted octanol–water partition coefficient (Wildman–Crippen LogP) is 3.42. The molecule has 3 nitrogen and oxygen atoms in total. The summed E-state index contributed by atoms with van der Waals surface area (Å²) in [5.74, 6) is 0. The zero-order valence-corrected chi connectivity index (χ0v) is 12.5. The molecule has 2 aromatic heterocycles. The molecule has 0 saturated heterocycles. The zero-order chi connectivity index (χ0) is 13.5. The summed E-state index contributed by atoms with van der Waals surface area (Å²) in [6.07, 6.45) is 6.14. The maximum Gasteiger partial charge on any atom is 0.387 e. The predicted molar refractivity (Wildman–Crippen MR) is 84.0 cm³/mol. The molecule has 0 saturated carbocycles. The van der Waals surface area contributed by atoms with E-state index >= 15 is 0 Å². The molecule has 0 spiro atoms. The van der Waals surface area contributed by atoms with Crippen LogP contribution in [0.25, 0.3) is 11.0 Å². The molecule has 0 N–H and O–H groups in total. The highest BCUT2D eigenvalue weighted by Gasteiger charge is 2.22. The minimum Gasteiger partial charge on any atom is -0.338 e. The van der Waals surface area contributed by atoms with E-state index in [-0.39, 0.29) is 0 Å². The van der Waals surface area contributed by atoms with Gasteiger partial charge < -0.3 is 4.90 Å². The second-order valence-corrected chi connectivity index (χ2v) is 6.47. The Morgan fingerprint density at radius 2 is 2.15 bits per heavy atom. The van der Waals surface area contributed by atoms with E-state index in [0.29, 0.717) is 0 Å². The van der Waals surface area contributed by atoms with Crippen molar-refractivity contribution >= 4 is 39.8 Å². The van der Waals surface area contributed by atoms with Crippen molar-refractivity contribution in [3.8, 4) is 0 Å². The Hall–Kier alpha value is -1.85. The first-order valence-corrected chi connectivity index (χ1v) is 7.99. The number of para-hydroxylation sites is 1. The fraction of sp³-hybridized carbons (Fsp3) is 0.0667. The monoisotopic (exact) mass is 298 g/mol. The van der Waals surface area contributed by atoms with Gasteiger partial charge in [-0.1, -0.05) is 35.2 Å². The molecule has 4 rings (SSSR count). The summed E-state index contributed by atoms with van der Waals surface area (Å²) >= 11 is 3.46. The second-order valence-electron chi connectivity index (χ2n) is 4.54. The standard InChI is InChI=1S/C15H12N3S2/c1-17-12-4-2-3-5-13(12)20-14(17)10-11-6-7-16-15-18(11)8-9-19-15/h2-10H,1H3/q+1. The molecule has 0 bridgehead atoms. The summed E-state index contributed by atoms with van der Waals surface area (Å²) in [6.45, 7) is 0. The molecule has 0 unspecified atom stereocenters. The van der Waals surface area contributed by atoms with Crippen LogP contribution >= 0.6 is 23.1 Å². The van der Waals surface area contributed by atoms with Crippen LogP contribution in [0, 0.1) is 0 Å². The Kier molecular flexibility index (Phi) is 2.75. The molecule has 98 valence electrons. The first-order chi connectivity index (χ1) is 9.83. The molecule has 0 fully saturated rings. The Balaban J connectivity index is 1.81. The van der Waals surface area contributed by atoms with Crippen molar-refractivity contribution in [1.82, 2.24) is 4.98 Å². The van der Waals surface area contributed by atoms with Crippen molar-refractivity contribution in [2.45, 2.75) is 4.90 Å². The summed E-state index contributed by atoms with van der Waals surface area (Å²) in [6, 6.07) is 10.5. The van der Waals surface area contributed by atoms with Gasteiger partial charge in [0, 0.05) is 29.5 Å². The number of thioether (sulfide) groups is 1. The van der Waals surface area contributed by atoms with Crippen LogP contribution in [0.3, 0.4) is 0 Å². The van der Waals surface area contributed by atoms with Gasteiger partial charge >= 0.3 is 4.96 Å². The number of hydrogen-bond acceptors (Lipinski definition) is 4. The molecule has 1 aromatic carbocycles. The molecular formula is C15H12N3S2+. The summed E-state index contributed by atoms with van der Waals surface area (Å²) in [5, 5.41) is 3.29. The summed E-state index contributed by atoms with van der Waals surface area (Å²) < 4.78 is 2.12. The van der Waals surface area contributed by atoms with Gasteiger partial charge in [-0.05, 0) is 17.1 Å². The van der Waals surface area contributed by atoms with E-state index in [9.17, 15) is 0 Å². The van der Waals surface area contributed by atoms with Crippen molar-refractivity contribution in [3.05, 3.63) is 58.8 Å². The van der Waals surface area contributed by atoms with Gasteiger partial charge in [0.15, 0.2) is 0 Å². The third-order valence-corrected chi connectivity index (χ3v) is 5.28.